The van der Waals surface area contributed by atoms with Gasteiger partial charge >= 0.3 is 0 Å². The van der Waals surface area contributed by atoms with Crippen molar-refractivity contribution in [1.82, 2.24) is 0 Å². The van der Waals surface area contributed by atoms with Crippen LogP contribution in [0.4, 0.5) is 4.39 Å². The van der Waals surface area contributed by atoms with Crippen molar-refractivity contribution in [2.45, 2.75) is 26.7 Å². The van der Waals surface area contributed by atoms with Gasteiger partial charge in [0.1, 0.15) is 5.82 Å². The van der Waals surface area contributed by atoms with Gasteiger partial charge in [-0.25, -0.2) is 4.39 Å². The van der Waals surface area contributed by atoms with Crippen LogP contribution in [-0.4, -0.2) is 0 Å². The van der Waals surface area contributed by atoms with Crippen molar-refractivity contribution in [2.75, 3.05) is 0 Å². The monoisotopic (exact) mass is 172 g/mol. The zero-order valence-electron chi connectivity index (χ0n) is 6.93. The van der Waals surface area contributed by atoms with E-state index in [2.05, 4.69) is 13.8 Å². The summed E-state index contributed by atoms with van der Waals surface area (Å²) < 4.78 is 12.8. The average Bonchev–Trinajstić information content (AvgIpc) is 2.31. The van der Waals surface area contributed by atoms with E-state index >= 15 is 0 Å². The van der Waals surface area contributed by atoms with E-state index in [9.17, 15) is 4.39 Å². The zero-order chi connectivity index (χ0) is 8.27. The molecule has 0 amide bonds. The molecule has 11 heavy (non-hydrogen) atoms. The average molecular weight is 172 g/mol. The second-order valence-corrected chi connectivity index (χ2v) is 4.12. The highest BCUT2D eigenvalue weighted by molar-refractivity contribution is 7.09. The fraction of sp³-hybridized carbons (Fsp3) is 0.556. The molecular formula is C9H13FS. The second kappa shape index (κ2) is 3.86. The van der Waals surface area contributed by atoms with Gasteiger partial charge < -0.3 is 0 Å². The molecule has 2 heteroatoms. The Morgan fingerprint density at radius 2 is 2.27 bits per heavy atom. The molecular weight excluding hydrogens is 159 g/mol. The van der Waals surface area contributed by atoms with Gasteiger partial charge in [-0.1, -0.05) is 13.8 Å². The number of aryl methyl sites for hydroxylation is 1. The van der Waals surface area contributed by atoms with E-state index in [1.165, 1.54) is 11.3 Å². The Labute approximate surface area is 71.1 Å². The van der Waals surface area contributed by atoms with E-state index in [4.69, 9.17) is 0 Å². The summed E-state index contributed by atoms with van der Waals surface area (Å²) in [6, 6.07) is 1.54. The highest BCUT2D eigenvalue weighted by Gasteiger charge is 2.03. The minimum absolute atomic E-state index is 0.0318. The molecule has 0 radical (unpaired) electrons. The molecule has 1 heterocycles. The largest absolute Gasteiger partial charge is 0.206 e. The van der Waals surface area contributed by atoms with Gasteiger partial charge in [0.2, 0.25) is 0 Å². The first-order chi connectivity index (χ1) is 5.20. The lowest BCUT2D eigenvalue weighted by Gasteiger charge is -2.01. The molecule has 1 aromatic rings. The van der Waals surface area contributed by atoms with Gasteiger partial charge in [0.25, 0.3) is 0 Å². The molecule has 0 saturated heterocycles. The smallest absolute Gasteiger partial charge is 0.137 e. The Kier molecular flexibility index (Phi) is 3.06. The minimum atomic E-state index is -0.0318. The van der Waals surface area contributed by atoms with Crippen LogP contribution in [0.5, 0.6) is 0 Å². The topological polar surface area (TPSA) is 0 Å². The molecule has 0 unspecified atom stereocenters. The van der Waals surface area contributed by atoms with E-state index < -0.39 is 0 Å². The molecule has 0 atom stereocenters. The van der Waals surface area contributed by atoms with Crippen LogP contribution in [0.25, 0.3) is 0 Å². The molecule has 1 aromatic heterocycles. The SMILES string of the molecule is CC(C)CCc1sccc1F. The van der Waals surface area contributed by atoms with Gasteiger partial charge in [-0.15, -0.1) is 11.3 Å². The van der Waals surface area contributed by atoms with E-state index in [0.717, 1.165) is 17.7 Å². The van der Waals surface area contributed by atoms with Gasteiger partial charge in [0, 0.05) is 4.88 Å². The summed E-state index contributed by atoms with van der Waals surface area (Å²) in [5, 5.41) is 1.81. The van der Waals surface area contributed by atoms with Crippen molar-refractivity contribution in [1.29, 1.82) is 0 Å². The van der Waals surface area contributed by atoms with Crippen LogP contribution in [0.1, 0.15) is 25.1 Å². The zero-order valence-corrected chi connectivity index (χ0v) is 7.75. The molecule has 62 valence electrons. The molecule has 0 saturated carbocycles. The van der Waals surface area contributed by atoms with E-state index in [-0.39, 0.29) is 5.82 Å². The van der Waals surface area contributed by atoms with Gasteiger partial charge in [-0.05, 0) is 30.2 Å². The number of hydrogen-bond acceptors (Lipinski definition) is 1. The third-order valence-corrected chi connectivity index (χ3v) is 2.60. The predicted molar refractivity (Wildman–Crippen MR) is 47.4 cm³/mol. The van der Waals surface area contributed by atoms with Crippen LogP contribution < -0.4 is 0 Å². The highest BCUT2D eigenvalue weighted by atomic mass is 32.1. The van der Waals surface area contributed by atoms with E-state index in [1.54, 1.807) is 6.07 Å². The van der Waals surface area contributed by atoms with Gasteiger partial charge in [0.05, 0.1) is 0 Å². The molecule has 0 aliphatic heterocycles. The standard InChI is InChI=1S/C9H13FS/c1-7(2)3-4-9-8(10)5-6-11-9/h5-7H,3-4H2,1-2H3. The molecule has 0 spiro atoms. The molecule has 0 nitrogen and oxygen atoms in total. The van der Waals surface area contributed by atoms with Crippen molar-refractivity contribution >= 4 is 11.3 Å². The van der Waals surface area contributed by atoms with Crippen LogP contribution in [0.2, 0.25) is 0 Å². The maximum absolute atomic E-state index is 12.8. The fourth-order valence-corrected chi connectivity index (χ4v) is 1.69. The highest BCUT2D eigenvalue weighted by Crippen LogP contribution is 2.18. The summed E-state index contributed by atoms with van der Waals surface area (Å²) in [7, 11) is 0. The van der Waals surface area contributed by atoms with Crippen molar-refractivity contribution in [3.8, 4) is 0 Å². The second-order valence-electron chi connectivity index (χ2n) is 3.12. The molecule has 0 aromatic carbocycles. The Morgan fingerprint density at radius 1 is 1.55 bits per heavy atom. The third-order valence-electron chi connectivity index (χ3n) is 1.64. The summed E-state index contributed by atoms with van der Waals surface area (Å²) in [6.07, 6.45) is 1.97. The van der Waals surface area contributed by atoms with Crippen molar-refractivity contribution < 1.29 is 4.39 Å². The van der Waals surface area contributed by atoms with Gasteiger partial charge in [-0.2, -0.15) is 0 Å². The molecule has 0 fully saturated rings. The van der Waals surface area contributed by atoms with Crippen molar-refractivity contribution in [3.63, 3.8) is 0 Å². The van der Waals surface area contributed by atoms with Crippen molar-refractivity contribution in [3.05, 3.63) is 22.1 Å². The maximum atomic E-state index is 12.8. The lowest BCUT2D eigenvalue weighted by atomic mass is 10.1. The van der Waals surface area contributed by atoms with Crippen LogP contribution >= 0.6 is 11.3 Å². The first kappa shape index (κ1) is 8.72. The molecule has 0 N–H and O–H groups in total. The molecule has 0 aliphatic rings. The summed E-state index contributed by atoms with van der Waals surface area (Å²) >= 11 is 1.52. The Hall–Kier alpha value is -0.370. The summed E-state index contributed by atoms with van der Waals surface area (Å²) in [6.45, 7) is 4.32. The van der Waals surface area contributed by atoms with Crippen LogP contribution in [0, 0.1) is 11.7 Å². The Morgan fingerprint density at radius 3 is 2.73 bits per heavy atom. The first-order valence-corrected chi connectivity index (χ1v) is 4.80. The quantitative estimate of drug-likeness (QED) is 0.655. The molecule has 1 rings (SSSR count). The minimum Gasteiger partial charge on any atom is -0.206 e. The summed E-state index contributed by atoms with van der Waals surface area (Å²) in [4.78, 5) is 0.902. The number of thiophene rings is 1. The number of hydrogen-bond donors (Lipinski definition) is 0. The van der Waals surface area contributed by atoms with Crippen LogP contribution in [-0.2, 0) is 6.42 Å². The third kappa shape index (κ3) is 2.62. The lowest BCUT2D eigenvalue weighted by Crippen LogP contribution is -1.91. The maximum Gasteiger partial charge on any atom is 0.137 e. The number of halogens is 1. The lowest BCUT2D eigenvalue weighted by molar-refractivity contribution is 0.566. The normalized spacial score (nSPS) is 10.9. The van der Waals surface area contributed by atoms with E-state index in [1.807, 2.05) is 5.38 Å². The molecule has 0 aliphatic carbocycles. The Balaban J connectivity index is 2.44. The van der Waals surface area contributed by atoms with Gasteiger partial charge in [0.15, 0.2) is 0 Å². The summed E-state index contributed by atoms with van der Waals surface area (Å²) in [5.41, 5.74) is 0. The van der Waals surface area contributed by atoms with Crippen molar-refractivity contribution in [2.24, 2.45) is 5.92 Å². The van der Waals surface area contributed by atoms with E-state index in [0.29, 0.717) is 5.92 Å². The molecule has 0 bridgehead atoms. The number of rotatable bonds is 3. The first-order valence-electron chi connectivity index (χ1n) is 3.92. The fourth-order valence-electron chi connectivity index (χ4n) is 0.923. The Bertz CT molecular complexity index is 215. The van der Waals surface area contributed by atoms with Gasteiger partial charge in [-0.3, -0.25) is 0 Å². The van der Waals surface area contributed by atoms with Crippen LogP contribution in [0.15, 0.2) is 11.4 Å². The summed E-state index contributed by atoms with van der Waals surface area (Å²) in [5.74, 6) is 0.632. The van der Waals surface area contributed by atoms with Crippen LogP contribution in [0.3, 0.4) is 0 Å². The predicted octanol–water partition coefficient (Wildman–Crippen LogP) is 3.48.